The first-order chi connectivity index (χ1) is 5.74. The van der Waals surface area contributed by atoms with E-state index in [2.05, 4.69) is 5.32 Å². The number of benzene rings is 1. The van der Waals surface area contributed by atoms with Gasteiger partial charge in [0.2, 0.25) is 0 Å². The van der Waals surface area contributed by atoms with E-state index in [4.69, 9.17) is 16.9 Å². The van der Waals surface area contributed by atoms with E-state index in [1.165, 1.54) is 0 Å². The minimum Gasteiger partial charge on any atom is -0.371 e. The zero-order valence-corrected chi connectivity index (χ0v) is 7.52. The molecule has 0 aliphatic carbocycles. The van der Waals surface area contributed by atoms with Gasteiger partial charge in [0.1, 0.15) is 6.54 Å². The molecule has 0 unspecified atom stereocenters. The molecule has 1 N–H and O–H groups in total. The number of nitrogens with zero attached hydrogens (tertiary/aromatic N) is 1. The predicted molar refractivity (Wildman–Crippen MR) is 50.3 cm³/mol. The SMILES string of the molecule is Cc1ccc(Cl)c(NCC#N)c1. The Morgan fingerprint density at radius 1 is 1.58 bits per heavy atom. The van der Waals surface area contributed by atoms with E-state index in [0.29, 0.717) is 5.02 Å². The van der Waals surface area contributed by atoms with Gasteiger partial charge < -0.3 is 5.32 Å². The number of aryl methyl sites for hydroxylation is 1. The Kier molecular flexibility index (Phi) is 2.95. The summed E-state index contributed by atoms with van der Waals surface area (Å²) in [4.78, 5) is 0. The Morgan fingerprint density at radius 2 is 2.33 bits per heavy atom. The zero-order valence-electron chi connectivity index (χ0n) is 6.76. The second kappa shape index (κ2) is 3.99. The second-order valence-electron chi connectivity index (χ2n) is 2.49. The van der Waals surface area contributed by atoms with Crippen LogP contribution in [0.3, 0.4) is 0 Å². The molecule has 0 aliphatic heterocycles. The number of hydrogen-bond donors (Lipinski definition) is 1. The van der Waals surface area contributed by atoms with Gasteiger partial charge in [0.15, 0.2) is 0 Å². The fourth-order valence-corrected chi connectivity index (χ4v) is 1.09. The molecular formula is C9H9ClN2. The molecule has 0 bridgehead atoms. The number of hydrogen-bond acceptors (Lipinski definition) is 2. The number of rotatable bonds is 2. The van der Waals surface area contributed by atoms with E-state index in [-0.39, 0.29) is 6.54 Å². The molecule has 3 heteroatoms. The van der Waals surface area contributed by atoms with Crippen LogP contribution in [0.2, 0.25) is 5.02 Å². The summed E-state index contributed by atoms with van der Waals surface area (Å²) in [5.41, 5.74) is 1.94. The van der Waals surface area contributed by atoms with Gasteiger partial charge in [-0.2, -0.15) is 5.26 Å². The van der Waals surface area contributed by atoms with E-state index in [0.717, 1.165) is 11.3 Å². The molecular weight excluding hydrogens is 172 g/mol. The topological polar surface area (TPSA) is 35.8 Å². The van der Waals surface area contributed by atoms with Crippen molar-refractivity contribution in [2.24, 2.45) is 0 Å². The Bertz CT molecular complexity index is 315. The standard InChI is InChI=1S/C9H9ClN2/c1-7-2-3-8(10)9(6-7)12-5-4-11/h2-3,6,12H,5H2,1H3. The van der Waals surface area contributed by atoms with Gasteiger partial charge in [-0.15, -0.1) is 0 Å². The highest BCUT2D eigenvalue weighted by Gasteiger charge is 1.97. The minimum atomic E-state index is 0.281. The maximum absolute atomic E-state index is 8.33. The van der Waals surface area contributed by atoms with E-state index >= 15 is 0 Å². The summed E-state index contributed by atoms with van der Waals surface area (Å²) >= 11 is 5.86. The largest absolute Gasteiger partial charge is 0.371 e. The Balaban J connectivity index is 2.84. The Morgan fingerprint density at radius 3 is 3.00 bits per heavy atom. The highest BCUT2D eigenvalue weighted by Crippen LogP contribution is 2.22. The summed E-state index contributed by atoms with van der Waals surface area (Å²) in [5, 5.41) is 11.9. The van der Waals surface area contributed by atoms with E-state index < -0.39 is 0 Å². The summed E-state index contributed by atoms with van der Waals surface area (Å²) in [6.07, 6.45) is 0. The third kappa shape index (κ3) is 2.14. The Labute approximate surface area is 76.8 Å². The van der Waals surface area contributed by atoms with Crippen molar-refractivity contribution in [3.05, 3.63) is 28.8 Å². The third-order valence-corrected chi connectivity index (χ3v) is 1.81. The van der Waals surface area contributed by atoms with Crippen molar-refractivity contribution >= 4 is 17.3 Å². The van der Waals surface area contributed by atoms with Crippen molar-refractivity contribution in [3.63, 3.8) is 0 Å². The average Bonchev–Trinajstić information content (AvgIpc) is 2.07. The molecule has 0 aromatic heterocycles. The van der Waals surface area contributed by atoms with Crippen molar-refractivity contribution in [3.8, 4) is 6.07 Å². The van der Waals surface area contributed by atoms with Crippen LogP contribution >= 0.6 is 11.6 Å². The zero-order chi connectivity index (χ0) is 8.97. The van der Waals surface area contributed by atoms with Crippen molar-refractivity contribution in [2.45, 2.75) is 6.92 Å². The van der Waals surface area contributed by atoms with Crippen LogP contribution < -0.4 is 5.32 Å². The van der Waals surface area contributed by atoms with Crippen molar-refractivity contribution < 1.29 is 0 Å². The van der Waals surface area contributed by atoms with Crippen LogP contribution in [0.25, 0.3) is 0 Å². The minimum absolute atomic E-state index is 0.281. The van der Waals surface area contributed by atoms with Gasteiger partial charge in [-0.25, -0.2) is 0 Å². The predicted octanol–water partition coefficient (Wildman–Crippen LogP) is 2.58. The van der Waals surface area contributed by atoms with E-state index in [1.807, 2.05) is 31.2 Å². The molecule has 0 fully saturated rings. The number of anilines is 1. The molecule has 62 valence electrons. The maximum atomic E-state index is 8.33. The molecule has 1 rings (SSSR count). The normalized spacial score (nSPS) is 9.08. The molecule has 0 heterocycles. The summed E-state index contributed by atoms with van der Waals surface area (Å²) in [6.45, 7) is 2.26. The molecule has 0 amide bonds. The van der Waals surface area contributed by atoms with Crippen molar-refractivity contribution in [1.82, 2.24) is 0 Å². The molecule has 0 radical (unpaired) electrons. The molecule has 1 aromatic rings. The lowest BCUT2D eigenvalue weighted by molar-refractivity contribution is 1.31. The van der Waals surface area contributed by atoms with Gasteiger partial charge >= 0.3 is 0 Å². The average molecular weight is 181 g/mol. The highest BCUT2D eigenvalue weighted by molar-refractivity contribution is 6.33. The quantitative estimate of drug-likeness (QED) is 0.711. The second-order valence-corrected chi connectivity index (χ2v) is 2.90. The molecule has 0 aliphatic rings. The highest BCUT2D eigenvalue weighted by atomic mass is 35.5. The van der Waals surface area contributed by atoms with Gasteiger partial charge in [0.05, 0.1) is 16.8 Å². The lowest BCUT2D eigenvalue weighted by atomic mass is 10.2. The first-order valence-corrected chi connectivity index (χ1v) is 3.99. The van der Waals surface area contributed by atoms with Crippen LogP contribution in [-0.2, 0) is 0 Å². The summed E-state index contributed by atoms with van der Waals surface area (Å²) < 4.78 is 0. The van der Waals surface area contributed by atoms with Crippen LogP contribution in [-0.4, -0.2) is 6.54 Å². The molecule has 0 saturated carbocycles. The number of halogens is 1. The number of nitrogens with one attached hydrogen (secondary N) is 1. The number of nitriles is 1. The summed E-state index contributed by atoms with van der Waals surface area (Å²) in [7, 11) is 0. The van der Waals surface area contributed by atoms with Gasteiger partial charge in [-0.3, -0.25) is 0 Å². The van der Waals surface area contributed by atoms with Crippen LogP contribution in [0.4, 0.5) is 5.69 Å². The monoisotopic (exact) mass is 180 g/mol. The first-order valence-electron chi connectivity index (χ1n) is 3.61. The molecule has 0 atom stereocenters. The lowest BCUT2D eigenvalue weighted by Crippen LogP contribution is -1.98. The van der Waals surface area contributed by atoms with E-state index in [9.17, 15) is 0 Å². The first kappa shape index (κ1) is 8.89. The van der Waals surface area contributed by atoms with Gasteiger partial charge in [0, 0.05) is 0 Å². The smallest absolute Gasteiger partial charge is 0.103 e. The van der Waals surface area contributed by atoms with Gasteiger partial charge in [0.25, 0.3) is 0 Å². The molecule has 12 heavy (non-hydrogen) atoms. The molecule has 0 saturated heterocycles. The van der Waals surface area contributed by atoms with Gasteiger partial charge in [-0.1, -0.05) is 17.7 Å². The molecule has 2 nitrogen and oxygen atoms in total. The fraction of sp³-hybridized carbons (Fsp3) is 0.222. The molecule has 1 aromatic carbocycles. The Hall–Kier alpha value is -1.20. The summed E-state index contributed by atoms with van der Waals surface area (Å²) in [5.74, 6) is 0. The van der Waals surface area contributed by atoms with Crippen molar-refractivity contribution in [2.75, 3.05) is 11.9 Å². The van der Waals surface area contributed by atoms with Crippen LogP contribution in [0.5, 0.6) is 0 Å². The van der Waals surface area contributed by atoms with Crippen LogP contribution in [0.1, 0.15) is 5.56 Å². The fourth-order valence-electron chi connectivity index (χ4n) is 0.909. The third-order valence-electron chi connectivity index (χ3n) is 1.48. The van der Waals surface area contributed by atoms with Crippen molar-refractivity contribution in [1.29, 1.82) is 5.26 Å². The van der Waals surface area contributed by atoms with Gasteiger partial charge in [-0.05, 0) is 24.6 Å². The van der Waals surface area contributed by atoms with Crippen LogP contribution in [0, 0.1) is 18.3 Å². The van der Waals surface area contributed by atoms with E-state index in [1.54, 1.807) is 0 Å². The lowest BCUT2D eigenvalue weighted by Gasteiger charge is -2.04. The van der Waals surface area contributed by atoms with Crippen LogP contribution in [0.15, 0.2) is 18.2 Å². The summed E-state index contributed by atoms with van der Waals surface area (Å²) in [6, 6.07) is 7.66. The molecule has 0 spiro atoms. The maximum Gasteiger partial charge on any atom is 0.103 e.